The molecule has 7 nitrogen and oxygen atoms in total. The number of carbonyl (C=O) groups is 1. The number of rotatable bonds is 9. The van der Waals surface area contributed by atoms with E-state index in [0.717, 1.165) is 35.6 Å². The van der Waals surface area contributed by atoms with Crippen molar-refractivity contribution in [1.29, 1.82) is 0 Å². The number of sulfonamides is 1. The molecule has 1 aromatic carbocycles. The van der Waals surface area contributed by atoms with Gasteiger partial charge in [0.25, 0.3) is 0 Å². The highest BCUT2D eigenvalue weighted by Gasteiger charge is 2.36. The summed E-state index contributed by atoms with van der Waals surface area (Å²) in [6.45, 7) is 1.49. The van der Waals surface area contributed by atoms with Crippen LogP contribution in [0, 0.1) is 12.8 Å². The molecule has 1 unspecified atom stereocenters. The van der Waals surface area contributed by atoms with Gasteiger partial charge < -0.3 is 5.11 Å². The Balaban J connectivity index is 1.56. The van der Waals surface area contributed by atoms with Gasteiger partial charge in [-0.1, -0.05) is 17.7 Å². The molecule has 0 radical (unpaired) electrons. The van der Waals surface area contributed by atoms with Gasteiger partial charge >= 0.3 is 0 Å². The van der Waals surface area contributed by atoms with Gasteiger partial charge in [-0.05, 0) is 50.7 Å². The average molecular weight is 404 g/mol. The van der Waals surface area contributed by atoms with E-state index in [0.29, 0.717) is 11.6 Å². The van der Waals surface area contributed by atoms with Crippen molar-refractivity contribution in [3.63, 3.8) is 0 Å². The Labute approximate surface area is 165 Å². The van der Waals surface area contributed by atoms with Gasteiger partial charge in [0.1, 0.15) is 0 Å². The molecule has 0 bridgehead atoms. The number of carbonyl (C=O) groups excluding carboxylic acids is 1. The van der Waals surface area contributed by atoms with Crippen LogP contribution in [0.2, 0.25) is 0 Å². The van der Waals surface area contributed by atoms with E-state index >= 15 is 0 Å². The monoisotopic (exact) mass is 403 g/mol. The molecule has 28 heavy (non-hydrogen) atoms. The number of benzene rings is 1. The van der Waals surface area contributed by atoms with Crippen molar-refractivity contribution >= 4 is 15.8 Å². The first-order chi connectivity index (χ1) is 13.3. The Morgan fingerprint density at radius 1 is 1.25 bits per heavy atom. The van der Waals surface area contributed by atoms with E-state index in [1.165, 1.54) is 18.3 Å². The molecule has 0 spiro atoms. The summed E-state index contributed by atoms with van der Waals surface area (Å²) >= 11 is 0. The highest BCUT2D eigenvalue weighted by Crippen LogP contribution is 2.35. The fourth-order valence-electron chi connectivity index (χ4n) is 3.22. The predicted octanol–water partition coefficient (Wildman–Crippen LogP) is 2.17. The van der Waals surface area contributed by atoms with E-state index in [1.54, 1.807) is 23.0 Å². The lowest BCUT2D eigenvalue weighted by atomic mass is 10.2. The van der Waals surface area contributed by atoms with Gasteiger partial charge in [-0.3, -0.25) is 9.48 Å². The lowest BCUT2D eigenvalue weighted by Gasteiger charge is -2.24. The first kappa shape index (κ1) is 19.3. The molecule has 2 aromatic rings. The van der Waals surface area contributed by atoms with Crippen LogP contribution in [-0.2, 0) is 10.0 Å². The van der Waals surface area contributed by atoms with Crippen LogP contribution in [0.1, 0.15) is 47.6 Å². The number of aliphatic hydroxyl groups is 1. The maximum absolute atomic E-state index is 13.2. The second kappa shape index (κ2) is 7.42. The Bertz CT molecular complexity index is 960. The van der Waals surface area contributed by atoms with Crippen LogP contribution in [0.25, 0.3) is 0 Å². The maximum Gasteiger partial charge on any atom is 0.243 e. The summed E-state index contributed by atoms with van der Waals surface area (Å²) in [5.74, 6) is -0.200. The van der Waals surface area contributed by atoms with E-state index in [4.69, 9.17) is 0 Å². The molecule has 4 rings (SSSR count). The number of nitrogens with zero attached hydrogens (tertiary/aromatic N) is 3. The number of aromatic nitrogens is 2. The van der Waals surface area contributed by atoms with Gasteiger partial charge in [0.05, 0.1) is 35.3 Å². The third-order valence-corrected chi connectivity index (χ3v) is 7.21. The summed E-state index contributed by atoms with van der Waals surface area (Å²) in [6, 6.07) is 6.88. The van der Waals surface area contributed by atoms with Crippen molar-refractivity contribution in [2.24, 2.45) is 5.92 Å². The minimum atomic E-state index is -3.89. The Hall–Kier alpha value is -2.03. The second-order valence-electron chi connectivity index (χ2n) is 7.88. The molecule has 1 heterocycles. The molecule has 0 aliphatic heterocycles. The fraction of sp³-hybridized carbons (Fsp3) is 0.500. The second-order valence-corrected chi connectivity index (χ2v) is 9.82. The third kappa shape index (κ3) is 4.19. The molecule has 8 heteroatoms. The predicted molar refractivity (Wildman–Crippen MR) is 103 cm³/mol. The van der Waals surface area contributed by atoms with Gasteiger partial charge in [-0.25, -0.2) is 8.42 Å². The molecule has 2 fully saturated rings. The molecule has 0 saturated heterocycles. The molecular formula is C20H25N3O4S. The van der Waals surface area contributed by atoms with Gasteiger partial charge in [0, 0.05) is 12.7 Å². The van der Waals surface area contributed by atoms with E-state index in [2.05, 4.69) is 5.10 Å². The van der Waals surface area contributed by atoms with Gasteiger partial charge in [-0.2, -0.15) is 9.40 Å². The Kier molecular flexibility index (Phi) is 5.11. The molecule has 2 aliphatic carbocycles. The topological polar surface area (TPSA) is 92.5 Å². The zero-order valence-corrected chi connectivity index (χ0v) is 16.7. The zero-order valence-electron chi connectivity index (χ0n) is 15.9. The average Bonchev–Trinajstić information content (AvgIpc) is 3.59. The van der Waals surface area contributed by atoms with Crippen LogP contribution in [0.3, 0.4) is 0 Å². The summed E-state index contributed by atoms with van der Waals surface area (Å²) in [5, 5.41) is 14.6. The fourth-order valence-corrected chi connectivity index (χ4v) is 4.63. The molecular weight excluding hydrogens is 378 g/mol. The van der Waals surface area contributed by atoms with Crippen molar-refractivity contribution in [3.05, 3.63) is 47.8 Å². The lowest BCUT2D eigenvalue weighted by Crippen LogP contribution is -2.41. The standard InChI is InChI=1S/C20H25N3O4S/c1-14-2-8-18(9-3-14)28(26,27)22(12-19(24)15-4-5-15)13-20(25)16-10-21-23(11-16)17-6-7-17/h2-3,8-11,15,17,19,24H,4-7,12-13H2,1H3. The van der Waals surface area contributed by atoms with Crippen LogP contribution >= 0.6 is 0 Å². The summed E-state index contributed by atoms with van der Waals surface area (Å²) in [4.78, 5) is 12.9. The number of aliphatic hydroxyl groups excluding tert-OH is 1. The Morgan fingerprint density at radius 2 is 1.93 bits per heavy atom. The lowest BCUT2D eigenvalue weighted by molar-refractivity contribution is 0.0916. The van der Waals surface area contributed by atoms with Crippen LogP contribution in [0.4, 0.5) is 0 Å². The molecule has 0 amide bonds. The van der Waals surface area contributed by atoms with Gasteiger partial charge in [-0.15, -0.1) is 0 Å². The number of aryl methyl sites for hydroxylation is 1. The zero-order chi connectivity index (χ0) is 19.9. The van der Waals surface area contributed by atoms with E-state index in [9.17, 15) is 18.3 Å². The van der Waals surface area contributed by atoms with Crippen LogP contribution in [0.5, 0.6) is 0 Å². The quantitative estimate of drug-likeness (QED) is 0.648. The SMILES string of the molecule is Cc1ccc(S(=O)(=O)N(CC(=O)c2cnn(C3CC3)c2)CC(O)C2CC2)cc1. The molecule has 1 N–H and O–H groups in total. The largest absolute Gasteiger partial charge is 0.391 e. The van der Waals surface area contributed by atoms with Crippen molar-refractivity contribution in [2.75, 3.05) is 13.1 Å². The number of hydrogen-bond acceptors (Lipinski definition) is 5. The molecule has 1 atom stereocenters. The van der Waals surface area contributed by atoms with Crippen LogP contribution in [-0.4, -0.2) is 52.6 Å². The maximum atomic E-state index is 13.2. The summed E-state index contributed by atoms with van der Waals surface area (Å²) in [7, 11) is -3.89. The molecule has 1 aromatic heterocycles. The Morgan fingerprint density at radius 3 is 2.54 bits per heavy atom. The molecule has 2 aliphatic rings. The normalized spacial score (nSPS) is 18.4. The summed E-state index contributed by atoms with van der Waals surface area (Å²) in [6.07, 6.45) is 6.31. The minimum Gasteiger partial charge on any atom is -0.391 e. The summed E-state index contributed by atoms with van der Waals surface area (Å²) < 4.78 is 29.2. The number of ketones is 1. The van der Waals surface area contributed by atoms with Crippen LogP contribution in [0.15, 0.2) is 41.6 Å². The van der Waals surface area contributed by atoms with E-state index in [1.807, 2.05) is 6.92 Å². The first-order valence-corrected chi connectivity index (χ1v) is 11.1. The van der Waals surface area contributed by atoms with Crippen molar-refractivity contribution in [3.8, 4) is 0 Å². The molecule has 2 saturated carbocycles. The third-order valence-electron chi connectivity index (χ3n) is 5.38. The molecule has 150 valence electrons. The van der Waals surface area contributed by atoms with Crippen LogP contribution < -0.4 is 0 Å². The van der Waals surface area contributed by atoms with E-state index < -0.39 is 16.1 Å². The van der Waals surface area contributed by atoms with Crippen molar-refractivity contribution in [2.45, 2.75) is 49.6 Å². The number of Topliss-reactive ketones (excluding diaryl/α,β-unsaturated/α-hetero) is 1. The van der Waals surface area contributed by atoms with Gasteiger partial charge in [0.15, 0.2) is 5.78 Å². The van der Waals surface area contributed by atoms with Crippen molar-refractivity contribution < 1.29 is 18.3 Å². The van der Waals surface area contributed by atoms with Crippen molar-refractivity contribution in [1.82, 2.24) is 14.1 Å². The highest BCUT2D eigenvalue weighted by molar-refractivity contribution is 7.89. The summed E-state index contributed by atoms with van der Waals surface area (Å²) in [5.41, 5.74) is 1.35. The smallest absolute Gasteiger partial charge is 0.243 e. The highest BCUT2D eigenvalue weighted by atomic mass is 32.2. The minimum absolute atomic E-state index is 0.0800. The first-order valence-electron chi connectivity index (χ1n) is 9.67. The van der Waals surface area contributed by atoms with E-state index in [-0.39, 0.29) is 29.7 Å². The number of hydrogen-bond donors (Lipinski definition) is 1. The van der Waals surface area contributed by atoms with Gasteiger partial charge in [0.2, 0.25) is 10.0 Å².